The van der Waals surface area contributed by atoms with Crippen LogP contribution in [0.3, 0.4) is 0 Å². The number of hydrogen-bond donors (Lipinski definition) is 1. The van der Waals surface area contributed by atoms with Gasteiger partial charge in [-0.1, -0.05) is 30.3 Å². The lowest BCUT2D eigenvalue weighted by atomic mass is 10.1. The van der Waals surface area contributed by atoms with Crippen LogP contribution in [0.5, 0.6) is 0 Å². The van der Waals surface area contributed by atoms with Crippen LogP contribution in [0.15, 0.2) is 47.4 Å². The molecule has 2 saturated heterocycles. The number of carbonyl (C=O) groups excluding carboxylic acids is 1. The number of nitrogens with one attached hydrogen (secondary N) is 1. The average Bonchev–Trinajstić information content (AvgIpc) is 3.33. The van der Waals surface area contributed by atoms with Crippen LogP contribution in [0, 0.1) is 5.92 Å². The van der Waals surface area contributed by atoms with Gasteiger partial charge in [0.25, 0.3) is 5.56 Å². The van der Waals surface area contributed by atoms with E-state index in [9.17, 15) is 9.59 Å². The fraction of sp³-hybridized carbons (Fsp3) is 0.560. The minimum atomic E-state index is -0.137. The molecule has 0 aliphatic carbocycles. The number of carbonyl (C=O) groups is 1. The summed E-state index contributed by atoms with van der Waals surface area (Å²) in [5.41, 5.74) is 2.02. The van der Waals surface area contributed by atoms with Crippen molar-refractivity contribution in [3.05, 3.63) is 58.5 Å². The molecule has 0 radical (unpaired) electrons. The number of amides is 1. The van der Waals surface area contributed by atoms with Crippen LogP contribution in [0.4, 0.5) is 5.69 Å². The summed E-state index contributed by atoms with van der Waals surface area (Å²) in [7, 11) is 1.63. The van der Waals surface area contributed by atoms with Gasteiger partial charge in [-0.15, -0.1) is 0 Å². The van der Waals surface area contributed by atoms with Crippen LogP contribution < -0.4 is 15.8 Å². The number of anilines is 1. The molecule has 2 fully saturated rings. The first-order chi connectivity index (χ1) is 16.1. The summed E-state index contributed by atoms with van der Waals surface area (Å²) in [5.74, 6) is 0.0347. The van der Waals surface area contributed by atoms with Gasteiger partial charge in [0, 0.05) is 59.0 Å². The lowest BCUT2D eigenvalue weighted by Gasteiger charge is -2.32. The van der Waals surface area contributed by atoms with Crippen molar-refractivity contribution in [3.8, 4) is 0 Å². The lowest BCUT2D eigenvalue weighted by Crippen LogP contribution is -2.37. The molecule has 0 saturated carbocycles. The van der Waals surface area contributed by atoms with Crippen LogP contribution >= 0.6 is 0 Å². The fourth-order valence-electron chi connectivity index (χ4n) is 4.60. The Morgan fingerprint density at radius 1 is 1.15 bits per heavy atom. The molecule has 2 aliphatic heterocycles. The molecule has 178 valence electrons. The van der Waals surface area contributed by atoms with Crippen molar-refractivity contribution in [2.75, 3.05) is 44.2 Å². The summed E-state index contributed by atoms with van der Waals surface area (Å²) in [4.78, 5) is 28.9. The van der Waals surface area contributed by atoms with Crippen LogP contribution in [0.25, 0.3) is 0 Å². The van der Waals surface area contributed by atoms with Gasteiger partial charge in [-0.2, -0.15) is 5.10 Å². The van der Waals surface area contributed by atoms with Gasteiger partial charge in [-0.3, -0.25) is 14.5 Å². The first kappa shape index (κ1) is 23.4. The molecule has 0 bridgehead atoms. The van der Waals surface area contributed by atoms with Crippen molar-refractivity contribution in [1.29, 1.82) is 0 Å². The number of hydrogen-bond acceptors (Lipinski definition) is 6. The second-order valence-electron chi connectivity index (χ2n) is 9.08. The van der Waals surface area contributed by atoms with E-state index in [4.69, 9.17) is 4.74 Å². The molecule has 8 heteroatoms. The highest BCUT2D eigenvalue weighted by molar-refractivity contribution is 5.80. The molecule has 4 rings (SSSR count). The molecule has 1 atom stereocenters. The predicted octanol–water partition coefficient (Wildman–Crippen LogP) is 1.79. The highest BCUT2D eigenvalue weighted by Gasteiger charge is 2.28. The SMILES string of the molecule is Cn1ncc(N2CCC(C(=O)NCCCOC3CCN(Cc4ccccc4)CC3)C2)cc1=O. The topological polar surface area (TPSA) is 79.7 Å². The molecule has 3 heterocycles. The Balaban J connectivity index is 1.08. The van der Waals surface area contributed by atoms with Crippen molar-refractivity contribution < 1.29 is 9.53 Å². The zero-order valence-electron chi connectivity index (χ0n) is 19.5. The summed E-state index contributed by atoms with van der Waals surface area (Å²) >= 11 is 0. The van der Waals surface area contributed by atoms with Gasteiger partial charge in [-0.25, -0.2) is 4.68 Å². The predicted molar refractivity (Wildman–Crippen MR) is 128 cm³/mol. The van der Waals surface area contributed by atoms with E-state index in [2.05, 4.69) is 50.5 Å². The third-order valence-electron chi connectivity index (χ3n) is 6.64. The number of aromatic nitrogens is 2. The maximum atomic E-state index is 12.5. The van der Waals surface area contributed by atoms with Gasteiger partial charge < -0.3 is 15.0 Å². The maximum absolute atomic E-state index is 12.5. The van der Waals surface area contributed by atoms with E-state index >= 15 is 0 Å². The first-order valence-corrected chi connectivity index (χ1v) is 12.0. The Labute approximate surface area is 195 Å². The molecule has 1 amide bonds. The molecule has 33 heavy (non-hydrogen) atoms. The molecular formula is C25H35N5O3. The van der Waals surface area contributed by atoms with Gasteiger partial charge in [0.1, 0.15) is 0 Å². The molecule has 1 aromatic carbocycles. The molecule has 1 aromatic heterocycles. The van der Waals surface area contributed by atoms with E-state index < -0.39 is 0 Å². The minimum absolute atomic E-state index is 0.0519. The monoisotopic (exact) mass is 453 g/mol. The van der Waals surface area contributed by atoms with Crippen LogP contribution in [-0.2, 0) is 23.1 Å². The Morgan fingerprint density at radius 2 is 1.94 bits per heavy atom. The third kappa shape index (κ3) is 6.65. The van der Waals surface area contributed by atoms with E-state index in [1.54, 1.807) is 19.3 Å². The Bertz CT molecular complexity index is 956. The van der Waals surface area contributed by atoms with Crippen molar-refractivity contribution >= 4 is 11.6 Å². The molecule has 2 aliphatic rings. The Morgan fingerprint density at radius 3 is 2.70 bits per heavy atom. The number of benzene rings is 1. The standard InChI is InChI=1S/C25H35N5O3/c1-28-24(31)16-22(17-27-28)30-14-8-21(19-30)25(32)26-11-5-15-33-23-9-12-29(13-10-23)18-20-6-3-2-4-7-20/h2-4,6-7,16-17,21,23H,5,8-15,18-19H2,1H3,(H,26,32). The smallest absolute Gasteiger partial charge is 0.268 e. The first-order valence-electron chi connectivity index (χ1n) is 12.0. The highest BCUT2D eigenvalue weighted by Crippen LogP contribution is 2.22. The number of piperidine rings is 1. The van der Waals surface area contributed by atoms with Crippen molar-refractivity contribution in [2.24, 2.45) is 13.0 Å². The molecule has 1 N–H and O–H groups in total. The molecule has 0 spiro atoms. The van der Waals surface area contributed by atoms with Gasteiger partial charge in [-0.05, 0) is 31.2 Å². The average molecular weight is 454 g/mol. The summed E-state index contributed by atoms with van der Waals surface area (Å²) in [6.07, 6.45) is 5.75. The zero-order valence-corrected chi connectivity index (χ0v) is 19.5. The molecule has 8 nitrogen and oxygen atoms in total. The highest BCUT2D eigenvalue weighted by atomic mass is 16.5. The normalized spacial score (nSPS) is 19.7. The van der Waals surface area contributed by atoms with E-state index in [0.717, 1.165) is 57.5 Å². The van der Waals surface area contributed by atoms with E-state index in [-0.39, 0.29) is 17.4 Å². The van der Waals surface area contributed by atoms with Crippen LogP contribution in [0.2, 0.25) is 0 Å². The number of rotatable bonds is 9. The van der Waals surface area contributed by atoms with Gasteiger partial charge in [0.05, 0.1) is 23.9 Å². The van der Waals surface area contributed by atoms with Crippen LogP contribution in [0.1, 0.15) is 31.2 Å². The summed E-state index contributed by atoms with van der Waals surface area (Å²) in [6, 6.07) is 12.2. The van der Waals surface area contributed by atoms with Gasteiger partial charge >= 0.3 is 0 Å². The summed E-state index contributed by atoms with van der Waals surface area (Å²) in [6.45, 7) is 5.84. The molecule has 1 unspecified atom stereocenters. The fourth-order valence-corrected chi connectivity index (χ4v) is 4.60. The van der Waals surface area contributed by atoms with Crippen LogP contribution in [-0.4, -0.2) is 66.0 Å². The second-order valence-corrected chi connectivity index (χ2v) is 9.08. The maximum Gasteiger partial charge on any atom is 0.268 e. The lowest BCUT2D eigenvalue weighted by molar-refractivity contribution is -0.124. The minimum Gasteiger partial charge on any atom is -0.378 e. The Hall–Kier alpha value is -2.71. The van der Waals surface area contributed by atoms with E-state index in [1.165, 1.54) is 10.2 Å². The Kier molecular flexibility index (Phi) is 8.12. The molecule has 2 aromatic rings. The second kappa shape index (κ2) is 11.4. The zero-order chi connectivity index (χ0) is 23.0. The number of aryl methyl sites for hydroxylation is 1. The third-order valence-corrected chi connectivity index (χ3v) is 6.64. The molecular weight excluding hydrogens is 418 g/mol. The van der Waals surface area contributed by atoms with Crippen molar-refractivity contribution in [3.63, 3.8) is 0 Å². The summed E-state index contributed by atoms with van der Waals surface area (Å²) in [5, 5.41) is 7.12. The number of ether oxygens (including phenoxy) is 1. The van der Waals surface area contributed by atoms with E-state index in [0.29, 0.717) is 25.8 Å². The number of likely N-dealkylation sites (tertiary alicyclic amines) is 1. The number of nitrogens with zero attached hydrogens (tertiary/aromatic N) is 4. The van der Waals surface area contributed by atoms with Crippen molar-refractivity contribution in [1.82, 2.24) is 20.0 Å². The van der Waals surface area contributed by atoms with E-state index in [1.807, 2.05) is 0 Å². The summed E-state index contributed by atoms with van der Waals surface area (Å²) < 4.78 is 7.37. The van der Waals surface area contributed by atoms with Gasteiger partial charge in [0.15, 0.2) is 0 Å². The largest absolute Gasteiger partial charge is 0.378 e. The van der Waals surface area contributed by atoms with Gasteiger partial charge in [0.2, 0.25) is 5.91 Å². The van der Waals surface area contributed by atoms with Crippen molar-refractivity contribution in [2.45, 2.75) is 38.3 Å². The quantitative estimate of drug-likeness (QED) is 0.584.